The Bertz CT molecular complexity index is 460. The predicted octanol–water partition coefficient (Wildman–Crippen LogP) is 1.71. The second kappa shape index (κ2) is 3.56. The molecule has 1 aromatic carbocycles. The molecule has 0 saturated heterocycles. The van der Waals surface area contributed by atoms with Crippen LogP contribution in [0.4, 0.5) is 18.9 Å². The highest BCUT2D eigenvalue weighted by Crippen LogP contribution is 2.26. The van der Waals surface area contributed by atoms with Gasteiger partial charge in [0.2, 0.25) is 11.6 Å². The largest absolute Gasteiger partial charge is 0.477 e. The highest BCUT2D eigenvalue weighted by atomic mass is 19.2. The van der Waals surface area contributed by atoms with Crippen molar-refractivity contribution in [2.45, 2.75) is 0 Å². The van der Waals surface area contributed by atoms with Crippen molar-refractivity contribution in [1.29, 1.82) is 0 Å². The van der Waals surface area contributed by atoms with Crippen molar-refractivity contribution >= 4 is 11.7 Å². The number of carboxylic acids is 1. The van der Waals surface area contributed by atoms with Gasteiger partial charge in [0.05, 0.1) is 4.92 Å². The van der Waals surface area contributed by atoms with Crippen LogP contribution in [-0.4, -0.2) is 16.0 Å². The van der Waals surface area contributed by atoms with Crippen LogP contribution in [0.3, 0.4) is 0 Å². The average Bonchev–Trinajstić information content (AvgIpc) is 2.12. The van der Waals surface area contributed by atoms with Crippen molar-refractivity contribution in [2.75, 3.05) is 0 Å². The summed E-state index contributed by atoms with van der Waals surface area (Å²) in [5.74, 6) is -7.92. The molecule has 0 unspecified atom stereocenters. The van der Waals surface area contributed by atoms with Crippen LogP contribution in [0.25, 0.3) is 0 Å². The fraction of sp³-hybridized carbons (Fsp3) is 0. The molecule has 0 fully saturated rings. The lowest BCUT2D eigenvalue weighted by atomic mass is 10.1. The molecule has 1 rings (SSSR count). The van der Waals surface area contributed by atoms with Gasteiger partial charge in [-0.05, 0) is 6.07 Å². The molecule has 0 bridgehead atoms. The summed E-state index contributed by atoms with van der Waals surface area (Å²) in [6.07, 6.45) is 0. The number of aromatic carboxylic acids is 1. The lowest BCUT2D eigenvalue weighted by molar-refractivity contribution is -0.388. The standard InChI is InChI=1S/C7H2F3NO4/c8-3-1-2(7(12)13)6(11(14)15)5(10)4(3)9/h1H,(H,12,13). The number of nitrogens with zero attached hydrogens (tertiary/aromatic N) is 1. The molecule has 5 nitrogen and oxygen atoms in total. The van der Waals surface area contributed by atoms with Gasteiger partial charge in [0.15, 0.2) is 5.82 Å². The maximum atomic E-state index is 12.8. The van der Waals surface area contributed by atoms with E-state index in [9.17, 15) is 28.1 Å². The van der Waals surface area contributed by atoms with Crippen molar-refractivity contribution in [3.05, 3.63) is 39.2 Å². The molecule has 0 aliphatic rings. The molecule has 80 valence electrons. The van der Waals surface area contributed by atoms with E-state index in [1.54, 1.807) is 0 Å². The number of carboxylic acid groups (broad SMARTS) is 1. The molecular formula is C7H2F3NO4. The van der Waals surface area contributed by atoms with E-state index in [-0.39, 0.29) is 6.07 Å². The van der Waals surface area contributed by atoms with Crippen molar-refractivity contribution in [3.8, 4) is 0 Å². The Balaban J connectivity index is 3.65. The molecule has 1 N–H and O–H groups in total. The minimum absolute atomic E-state index is 0.0544. The van der Waals surface area contributed by atoms with Crippen LogP contribution in [0, 0.1) is 27.6 Å². The normalized spacial score (nSPS) is 10.1. The first kappa shape index (κ1) is 11.0. The fourth-order valence-electron chi connectivity index (χ4n) is 0.927. The average molecular weight is 221 g/mol. The molecule has 0 radical (unpaired) electrons. The molecule has 0 saturated carbocycles. The van der Waals surface area contributed by atoms with Crippen molar-refractivity contribution in [1.82, 2.24) is 0 Å². The van der Waals surface area contributed by atoms with E-state index in [0.717, 1.165) is 0 Å². The Morgan fingerprint density at radius 3 is 2.27 bits per heavy atom. The van der Waals surface area contributed by atoms with Gasteiger partial charge in [0, 0.05) is 0 Å². The van der Waals surface area contributed by atoms with Gasteiger partial charge < -0.3 is 5.11 Å². The molecule has 0 atom stereocenters. The molecule has 8 heteroatoms. The van der Waals surface area contributed by atoms with E-state index in [1.807, 2.05) is 0 Å². The maximum absolute atomic E-state index is 12.8. The summed E-state index contributed by atoms with van der Waals surface area (Å²) in [5, 5.41) is 18.6. The van der Waals surface area contributed by atoms with Gasteiger partial charge in [-0.1, -0.05) is 0 Å². The summed E-state index contributed by atoms with van der Waals surface area (Å²) in [4.78, 5) is 19.2. The molecular weight excluding hydrogens is 219 g/mol. The maximum Gasteiger partial charge on any atom is 0.342 e. The molecule has 15 heavy (non-hydrogen) atoms. The monoisotopic (exact) mass is 221 g/mol. The first-order chi connectivity index (χ1) is 6.86. The van der Waals surface area contributed by atoms with Gasteiger partial charge in [-0.15, -0.1) is 0 Å². The van der Waals surface area contributed by atoms with Crippen molar-refractivity contribution in [2.24, 2.45) is 0 Å². The number of nitro groups is 1. The summed E-state index contributed by atoms with van der Waals surface area (Å²) in [5.41, 5.74) is -2.84. The zero-order valence-corrected chi connectivity index (χ0v) is 6.83. The van der Waals surface area contributed by atoms with Gasteiger partial charge in [-0.25, -0.2) is 13.6 Å². The number of benzene rings is 1. The molecule has 0 aliphatic heterocycles. The van der Waals surface area contributed by atoms with Crippen LogP contribution in [0.1, 0.15) is 10.4 Å². The zero-order chi connectivity index (χ0) is 11.7. The number of halogens is 3. The third kappa shape index (κ3) is 1.73. The SMILES string of the molecule is O=C(O)c1cc(F)c(F)c(F)c1[N+](=O)[O-]. The second-order valence-electron chi connectivity index (χ2n) is 2.44. The summed E-state index contributed by atoms with van der Waals surface area (Å²) >= 11 is 0. The van der Waals surface area contributed by atoms with Gasteiger partial charge >= 0.3 is 11.7 Å². The van der Waals surface area contributed by atoms with Crippen LogP contribution in [0.5, 0.6) is 0 Å². The molecule has 0 amide bonds. The Morgan fingerprint density at radius 1 is 1.33 bits per heavy atom. The van der Waals surface area contributed by atoms with Gasteiger partial charge in [-0.3, -0.25) is 10.1 Å². The number of rotatable bonds is 2. The van der Waals surface area contributed by atoms with Gasteiger partial charge in [-0.2, -0.15) is 4.39 Å². The van der Waals surface area contributed by atoms with Crippen LogP contribution in [0.15, 0.2) is 6.07 Å². The first-order valence-corrected chi connectivity index (χ1v) is 3.41. The highest BCUT2D eigenvalue weighted by Gasteiger charge is 2.30. The Kier molecular flexibility index (Phi) is 2.60. The van der Waals surface area contributed by atoms with Crippen LogP contribution in [0.2, 0.25) is 0 Å². The number of hydrogen-bond donors (Lipinski definition) is 1. The molecule has 0 spiro atoms. The van der Waals surface area contributed by atoms with Crippen LogP contribution >= 0.6 is 0 Å². The summed E-state index contributed by atoms with van der Waals surface area (Å²) in [7, 11) is 0. The van der Waals surface area contributed by atoms with E-state index in [2.05, 4.69) is 0 Å². The van der Waals surface area contributed by atoms with E-state index < -0.39 is 39.6 Å². The number of carbonyl (C=O) groups is 1. The molecule has 0 aliphatic carbocycles. The lowest BCUT2D eigenvalue weighted by Crippen LogP contribution is -2.08. The van der Waals surface area contributed by atoms with Gasteiger partial charge in [0.1, 0.15) is 5.56 Å². The second-order valence-corrected chi connectivity index (χ2v) is 2.44. The minimum atomic E-state index is -2.13. The Morgan fingerprint density at radius 2 is 1.87 bits per heavy atom. The van der Waals surface area contributed by atoms with Crippen molar-refractivity contribution in [3.63, 3.8) is 0 Å². The quantitative estimate of drug-likeness (QED) is 0.468. The summed E-state index contributed by atoms with van der Waals surface area (Å²) in [6, 6.07) is 0.0544. The van der Waals surface area contributed by atoms with Crippen molar-refractivity contribution < 1.29 is 28.0 Å². The summed E-state index contributed by atoms with van der Waals surface area (Å²) < 4.78 is 37.9. The van der Waals surface area contributed by atoms with E-state index in [0.29, 0.717) is 0 Å². The highest BCUT2D eigenvalue weighted by molar-refractivity contribution is 5.92. The Labute approximate surface area is 79.9 Å². The lowest BCUT2D eigenvalue weighted by Gasteiger charge is -2.00. The zero-order valence-electron chi connectivity index (χ0n) is 6.83. The topological polar surface area (TPSA) is 80.4 Å². The molecule has 0 heterocycles. The fourth-order valence-corrected chi connectivity index (χ4v) is 0.927. The minimum Gasteiger partial charge on any atom is -0.477 e. The first-order valence-electron chi connectivity index (χ1n) is 3.41. The number of nitro benzene ring substituents is 1. The van der Waals surface area contributed by atoms with Gasteiger partial charge in [0.25, 0.3) is 0 Å². The summed E-state index contributed by atoms with van der Waals surface area (Å²) in [6.45, 7) is 0. The van der Waals surface area contributed by atoms with E-state index in [1.165, 1.54) is 0 Å². The third-order valence-electron chi connectivity index (χ3n) is 1.55. The van der Waals surface area contributed by atoms with E-state index in [4.69, 9.17) is 5.11 Å². The Hall–Kier alpha value is -2.12. The van der Waals surface area contributed by atoms with E-state index >= 15 is 0 Å². The van der Waals surface area contributed by atoms with Crippen LogP contribution < -0.4 is 0 Å². The molecule has 0 aromatic heterocycles. The van der Waals surface area contributed by atoms with Crippen LogP contribution in [-0.2, 0) is 0 Å². The third-order valence-corrected chi connectivity index (χ3v) is 1.55. The smallest absolute Gasteiger partial charge is 0.342 e. The number of hydrogen-bond acceptors (Lipinski definition) is 3. The molecule has 1 aromatic rings. The predicted molar refractivity (Wildman–Crippen MR) is 39.9 cm³/mol.